The zero-order chi connectivity index (χ0) is 25.8. The highest BCUT2D eigenvalue weighted by Gasteiger charge is 2.37. The van der Waals surface area contributed by atoms with E-state index in [2.05, 4.69) is 4.99 Å². The van der Waals surface area contributed by atoms with Crippen molar-refractivity contribution < 1.29 is 35.8 Å². The summed E-state index contributed by atoms with van der Waals surface area (Å²) in [6, 6.07) is 7.17. The molecule has 0 fully saturated rings. The van der Waals surface area contributed by atoms with Gasteiger partial charge in [0.05, 0.1) is 30.0 Å². The van der Waals surface area contributed by atoms with Crippen LogP contribution in [-0.2, 0) is 12.4 Å². The highest BCUT2D eigenvalue weighted by Crippen LogP contribution is 2.37. The van der Waals surface area contributed by atoms with Crippen LogP contribution >= 0.6 is 0 Å². The maximum absolute atomic E-state index is 13.6. The van der Waals surface area contributed by atoms with E-state index in [1.807, 2.05) is 13.8 Å². The van der Waals surface area contributed by atoms with Gasteiger partial charge < -0.3 is 14.9 Å². The predicted octanol–water partition coefficient (Wildman–Crippen LogP) is 7.18. The van der Waals surface area contributed by atoms with E-state index in [4.69, 9.17) is 14.9 Å². The number of hydrogen-bond acceptors (Lipinski definition) is 4. The molecular formula is C25H26F6N2O2. The Balaban J connectivity index is 1.78. The standard InChI is InChI=1S/C25H26F6N2O2/c1-3-5-23(35-18-8-9-19(22-13-33-22)21(11-18)25(29,30)31)15(4-2)14-34-17-7-6-16(12-32)20(10-17)24(26,27)28/h6-12,15,23,32H,3-5,13-14H2,1-2H3. The molecule has 35 heavy (non-hydrogen) atoms. The van der Waals surface area contributed by atoms with E-state index in [1.54, 1.807) is 0 Å². The lowest BCUT2D eigenvalue weighted by Crippen LogP contribution is -2.31. The molecule has 2 aromatic carbocycles. The Morgan fingerprint density at radius 1 is 0.971 bits per heavy atom. The Morgan fingerprint density at radius 3 is 2.14 bits per heavy atom. The van der Waals surface area contributed by atoms with Gasteiger partial charge in [-0.25, -0.2) is 0 Å². The van der Waals surface area contributed by atoms with Crippen LogP contribution in [0.3, 0.4) is 0 Å². The maximum atomic E-state index is 13.6. The van der Waals surface area contributed by atoms with E-state index in [-0.39, 0.29) is 41.7 Å². The molecule has 3 rings (SSSR count). The van der Waals surface area contributed by atoms with Crippen LogP contribution in [0, 0.1) is 11.3 Å². The molecule has 0 bridgehead atoms. The molecule has 190 valence electrons. The summed E-state index contributed by atoms with van der Waals surface area (Å²) in [6.45, 7) is 4.07. The zero-order valence-electron chi connectivity index (χ0n) is 19.3. The summed E-state index contributed by atoms with van der Waals surface area (Å²) in [5.41, 5.74) is -1.61. The first kappa shape index (κ1) is 26.6. The largest absolute Gasteiger partial charge is 0.493 e. The second-order valence-corrected chi connectivity index (χ2v) is 8.28. The van der Waals surface area contributed by atoms with Gasteiger partial charge in [0, 0.05) is 23.3 Å². The molecule has 0 saturated carbocycles. The summed E-state index contributed by atoms with van der Waals surface area (Å²) in [6.07, 6.45) is -7.32. The van der Waals surface area contributed by atoms with Gasteiger partial charge in [-0.2, -0.15) is 26.3 Å². The van der Waals surface area contributed by atoms with Crippen LogP contribution < -0.4 is 9.47 Å². The lowest BCUT2D eigenvalue weighted by molar-refractivity contribution is -0.138. The average molecular weight is 500 g/mol. The van der Waals surface area contributed by atoms with Crippen LogP contribution in [-0.4, -0.2) is 31.2 Å². The smallest absolute Gasteiger partial charge is 0.417 e. The van der Waals surface area contributed by atoms with Gasteiger partial charge in [0.1, 0.15) is 17.6 Å². The van der Waals surface area contributed by atoms with E-state index in [9.17, 15) is 26.3 Å². The third-order valence-electron chi connectivity index (χ3n) is 5.78. The minimum Gasteiger partial charge on any atom is -0.493 e. The lowest BCUT2D eigenvalue weighted by atomic mass is 9.96. The fourth-order valence-electron chi connectivity index (χ4n) is 3.83. The zero-order valence-corrected chi connectivity index (χ0v) is 19.3. The van der Waals surface area contributed by atoms with Crippen molar-refractivity contribution in [3.8, 4) is 11.5 Å². The number of halogens is 6. The minimum atomic E-state index is -4.64. The van der Waals surface area contributed by atoms with Gasteiger partial charge in [0.25, 0.3) is 0 Å². The van der Waals surface area contributed by atoms with Crippen molar-refractivity contribution in [2.24, 2.45) is 10.9 Å². The fraction of sp³-hybridized carbons (Fsp3) is 0.440. The molecule has 10 heteroatoms. The number of hydrogen-bond donors (Lipinski definition) is 1. The van der Waals surface area contributed by atoms with E-state index in [0.29, 0.717) is 31.2 Å². The lowest BCUT2D eigenvalue weighted by Gasteiger charge is -2.28. The second-order valence-electron chi connectivity index (χ2n) is 8.28. The predicted molar refractivity (Wildman–Crippen MR) is 121 cm³/mol. The number of benzene rings is 2. The molecule has 1 heterocycles. The summed E-state index contributed by atoms with van der Waals surface area (Å²) in [5.74, 6) is -0.229. The Labute approximate surface area is 199 Å². The first-order valence-electron chi connectivity index (χ1n) is 11.2. The summed E-state index contributed by atoms with van der Waals surface area (Å²) >= 11 is 0. The molecule has 1 aliphatic rings. The van der Waals surface area contributed by atoms with E-state index in [1.165, 1.54) is 18.2 Å². The Kier molecular flexibility index (Phi) is 8.12. The molecule has 0 aromatic heterocycles. The van der Waals surface area contributed by atoms with E-state index < -0.39 is 29.6 Å². The van der Waals surface area contributed by atoms with Crippen LogP contribution in [0.2, 0.25) is 0 Å². The van der Waals surface area contributed by atoms with Crippen molar-refractivity contribution >= 4 is 11.9 Å². The first-order chi connectivity index (χ1) is 16.5. The molecule has 0 amide bonds. The van der Waals surface area contributed by atoms with E-state index >= 15 is 0 Å². The molecule has 2 unspecified atom stereocenters. The molecule has 0 radical (unpaired) electrons. The minimum absolute atomic E-state index is 0.00876. The first-order valence-corrected chi connectivity index (χ1v) is 11.2. The second kappa shape index (κ2) is 10.7. The molecule has 4 nitrogen and oxygen atoms in total. The monoisotopic (exact) mass is 500 g/mol. The third kappa shape index (κ3) is 6.76. The van der Waals surface area contributed by atoms with Gasteiger partial charge in [-0.3, -0.25) is 4.99 Å². The average Bonchev–Trinajstić information content (AvgIpc) is 3.63. The molecule has 1 N–H and O–H groups in total. The van der Waals surface area contributed by atoms with Crippen LogP contribution in [0.25, 0.3) is 0 Å². The van der Waals surface area contributed by atoms with Crippen LogP contribution in [0.5, 0.6) is 11.5 Å². The van der Waals surface area contributed by atoms with Gasteiger partial charge in [-0.15, -0.1) is 0 Å². The van der Waals surface area contributed by atoms with Crippen molar-refractivity contribution in [2.45, 2.75) is 51.6 Å². The van der Waals surface area contributed by atoms with Gasteiger partial charge in [0.2, 0.25) is 0 Å². The Morgan fingerprint density at radius 2 is 1.60 bits per heavy atom. The third-order valence-corrected chi connectivity index (χ3v) is 5.78. The number of aliphatic imine (C=N–C) groups is 1. The molecule has 0 saturated heterocycles. The van der Waals surface area contributed by atoms with Crippen molar-refractivity contribution in [2.75, 3.05) is 13.2 Å². The van der Waals surface area contributed by atoms with Gasteiger partial charge in [-0.1, -0.05) is 20.3 Å². The highest BCUT2D eigenvalue weighted by atomic mass is 19.4. The summed E-state index contributed by atoms with van der Waals surface area (Å²) in [4.78, 5) is 3.87. The van der Waals surface area contributed by atoms with Gasteiger partial charge in [0.15, 0.2) is 0 Å². The molecule has 2 atom stereocenters. The van der Waals surface area contributed by atoms with Gasteiger partial charge >= 0.3 is 12.4 Å². The highest BCUT2D eigenvalue weighted by molar-refractivity contribution is 6.11. The quantitative estimate of drug-likeness (QED) is 0.263. The summed E-state index contributed by atoms with van der Waals surface area (Å²) < 4.78 is 92.2. The number of rotatable bonds is 11. The van der Waals surface area contributed by atoms with Crippen LogP contribution in [0.15, 0.2) is 41.4 Å². The molecule has 0 aliphatic carbocycles. The topological polar surface area (TPSA) is 54.7 Å². The number of nitrogens with zero attached hydrogens (tertiary/aromatic N) is 1. The maximum Gasteiger partial charge on any atom is 0.417 e. The van der Waals surface area contributed by atoms with Crippen LogP contribution in [0.1, 0.15) is 55.4 Å². The van der Waals surface area contributed by atoms with Crippen LogP contribution in [0.4, 0.5) is 26.3 Å². The Hall–Kier alpha value is -3.04. The van der Waals surface area contributed by atoms with Crippen molar-refractivity contribution in [3.05, 3.63) is 58.7 Å². The molecule has 0 spiro atoms. The fourth-order valence-corrected chi connectivity index (χ4v) is 3.83. The van der Waals surface area contributed by atoms with Gasteiger partial charge in [-0.05, 0) is 49.2 Å². The Bertz CT molecular complexity index is 1080. The van der Waals surface area contributed by atoms with E-state index in [0.717, 1.165) is 18.2 Å². The number of ether oxygens (including phenoxy) is 2. The number of nitrogens with one attached hydrogen (secondary N) is 1. The molecular weight excluding hydrogens is 474 g/mol. The normalized spacial score (nSPS) is 15.3. The molecule has 1 aliphatic heterocycles. The molecule has 2 aromatic rings. The SMILES string of the molecule is CCCC(Oc1ccc(C2=NC2)c(C(F)(F)F)c1)C(CC)COc1ccc(C=N)c(C(F)(F)F)c1. The number of alkyl halides is 6. The van der Waals surface area contributed by atoms with Crippen molar-refractivity contribution in [1.29, 1.82) is 5.41 Å². The summed E-state index contributed by atoms with van der Waals surface area (Å²) in [5, 5.41) is 7.18. The summed E-state index contributed by atoms with van der Waals surface area (Å²) in [7, 11) is 0. The van der Waals surface area contributed by atoms with Crippen molar-refractivity contribution in [1.82, 2.24) is 0 Å². The van der Waals surface area contributed by atoms with Crippen molar-refractivity contribution in [3.63, 3.8) is 0 Å².